The van der Waals surface area contributed by atoms with Crippen molar-refractivity contribution in [1.29, 1.82) is 0 Å². The molecule has 3 nitrogen and oxygen atoms in total. The number of para-hydroxylation sites is 3. The van der Waals surface area contributed by atoms with Crippen LogP contribution in [0.3, 0.4) is 0 Å². The van der Waals surface area contributed by atoms with Crippen molar-refractivity contribution in [2.45, 2.75) is 5.41 Å². The quantitative estimate of drug-likeness (QED) is 0.201. The summed E-state index contributed by atoms with van der Waals surface area (Å²) in [4.78, 5) is 10.1. The summed E-state index contributed by atoms with van der Waals surface area (Å²) < 4.78 is 2.25. The van der Waals surface area contributed by atoms with Crippen molar-refractivity contribution >= 4 is 11.0 Å². The van der Waals surface area contributed by atoms with E-state index in [0.717, 1.165) is 39.4 Å². The normalized spacial score (nSPS) is 15.0. The van der Waals surface area contributed by atoms with E-state index >= 15 is 0 Å². The lowest BCUT2D eigenvalue weighted by Gasteiger charge is -2.32. The van der Waals surface area contributed by atoms with E-state index in [1.54, 1.807) is 0 Å². The molecule has 8 aromatic rings. The summed E-state index contributed by atoms with van der Waals surface area (Å²) in [6, 6.07) is 60.4. The van der Waals surface area contributed by atoms with E-state index in [9.17, 15) is 0 Å². The van der Waals surface area contributed by atoms with Gasteiger partial charge in [0.15, 0.2) is 0 Å². The first-order chi connectivity index (χ1) is 22.8. The summed E-state index contributed by atoms with van der Waals surface area (Å²) in [5.74, 6) is 0.932. The van der Waals surface area contributed by atoms with Crippen LogP contribution in [0.15, 0.2) is 176 Å². The molecule has 0 fully saturated rings. The zero-order valence-electron chi connectivity index (χ0n) is 25.1. The highest BCUT2D eigenvalue weighted by Crippen LogP contribution is 2.56. The van der Waals surface area contributed by atoms with Gasteiger partial charge in [-0.05, 0) is 81.4 Å². The predicted molar refractivity (Wildman–Crippen MR) is 187 cm³/mol. The first-order valence-corrected chi connectivity index (χ1v) is 15.7. The van der Waals surface area contributed by atoms with E-state index in [2.05, 4.69) is 156 Å². The highest BCUT2D eigenvalue weighted by atomic mass is 15.1. The van der Waals surface area contributed by atoms with Crippen LogP contribution in [0.2, 0.25) is 0 Å². The van der Waals surface area contributed by atoms with Crippen molar-refractivity contribution < 1.29 is 0 Å². The average molecular weight is 588 g/mol. The molecule has 1 aliphatic rings. The second-order valence-corrected chi connectivity index (χ2v) is 11.8. The van der Waals surface area contributed by atoms with E-state index in [0.29, 0.717) is 0 Å². The number of hydrogen-bond donors (Lipinski definition) is 0. The van der Waals surface area contributed by atoms with Crippen LogP contribution < -0.4 is 0 Å². The van der Waals surface area contributed by atoms with Crippen molar-refractivity contribution in [3.05, 3.63) is 198 Å². The molecule has 0 aliphatic heterocycles. The molecular formula is C43H29N3. The maximum atomic E-state index is 5.07. The molecule has 1 aliphatic carbocycles. The maximum absolute atomic E-state index is 5.07. The van der Waals surface area contributed by atoms with Crippen molar-refractivity contribution in [1.82, 2.24) is 14.5 Å². The summed E-state index contributed by atoms with van der Waals surface area (Å²) in [7, 11) is 0. The molecule has 0 N–H and O–H groups in total. The lowest BCUT2D eigenvalue weighted by Crippen LogP contribution is -2.29. The third kappa shape index (κ3) is 3.92. The van der Waals surface area contributed by atoms with E-state index in [4.69, 9.17) is 9.97 Å². The molecule has 9 rings (SSSR count). The first-order valence-electron chi connectivity index (χ1n) is 15.7. The van der Waals surface area contributed by atoms with Gasteiger partial charge < -0.3 is 0 Å². The second-order valence-electron chi connectivity index (χ2n) is 11.8. The standard InChI is InChI=1S/C43H29N3/c1-3-13-33(14-4-1)43(41-21-11-12-28-44-41)37-18-8-7-17-35(37)36-27-26-32(29-38(36)43)30-22-24-31(25-23-30)42-45-39-19-9-10-20-40(39)46(42)34-15-5-2-6-16-34/h1-29H. The molecular weight excluding hydrogens is 558 g/mol. The van der Waals surface area contributed by atoms with Gasteiger partial charge >= 0.3 is 0 Å². The number of imidazole rings is 1. The molecule has 2 aromatic heterocycles. The van der Waals surface area contributed by atoms with Gasteiger partial charge in [0, 0.05) is 17.4 Å². The van der Waals surface area contributed by atoms with E-state index in [-0.39, 0.29) is 0 Å². The Morgan fingerprint density at radius 1 is 0.478 bits per heavy atom. The highest BCUT2D eigenvalue weighted by molar-refractivity contribution is 5.88. The van der Waals surface area contributed by atoms with Crippen LogP contribution in [0.25, 0.3) is 50.4 Å². The average Bonchev–Trinajstić information content (AvgIpc) is 3.67. The molecule has 216 valence electrons. The van der Waals surface area contributed by atoms with Gasteiger partial charge in [-0.25, -0.2) is 4.98 Å². The summed E-state index contributed by atoms with van der Waals surface area (Å²) in [6.07, 6.45) is 1.91. The Labute approximate surface area is 268 Å². The van der Waals surface area contributed by atoms with Crippen LogP contribution in [0.5, 0.6) is 0 Å². The number of pyridine rings is 1. The Kier molecular flexibility index (Phi) is 6.04. The van der Waals surface area contributed by atoms with Gasteiger partial charge in [0.1, 0.15) is 5.82 Å². The Morgan fingerprint density at radius 2 is 1.13 bits per heavy atom. The molecule has 1 atom stereocenters. The zero-order chi connectivity index (χ0) is 30.5. The number of nitrogens with zero attached hydrogens (tertiary/aromatic N) is 3. The largest absolute Gasteiger partial charge is 0.292 e. The number of fused-ring (bicyclic) bond motifs is 4. The highest BCUT2D eigenvalue weighted by Gasteiger charge is 2.47. The Morgan fingerprint density at radius 3 is 1.93 bits per heavy atom. The molecule has 0 amide bonds. The third-order valence-corrected chi connectivity index (χ3v) is 9.35. The first kappa shape index (κ1) is 26.4. The van der Waals surface area contributed by atoms with Crippen LogP contribution in [0.1, 0.15) is 22.4 Å². The predicted octanol–water partition coefficient (Wildman–Crippen LogP) is 10.1. The number of benzene rings is 6. The summed E-state index contributed by atoms with van der Waals surface area (Å²) >= 11 is 0. The molecule has 46 heavy (non-hydrogen) atoms. The van der Waals surface area contributed by atoms with Gasteiger partial charge in [0.25, 0.3) is 0 Å². The van der Waals surface area contributed by atoms with Gasteiger partial charge in [0.05, 0.1) is 22.1 Å². The van der Waals surface area contributed by atoms with E-state index in [1.165, 1.54) is 33.4 Å². The zero-order valence-corrected chi connectivity index (χ0v) is 25.1. The summed E-state index contributed by atoms with van der Waals surface area (Å²) in [5.41, 5.74) is 13.3. The summed E-state index contributed by atoms with van der Waals surface area (Å²) in [5, 5.41) is 0. The topological polar surface area (TPSA) is 30.7 Å². The molecule has 3 heteroatoms. The molecule has 0 saturated carbocycles. The van der Waals surface area contributed by atoms with Crippen LogP contribution in [0.4, 0.5) is 0 Å². The monoisotopic (exact) mass is 587 g/mol. The molecule has 0 spiro atoms. The molecule has 1 unspecified atom stereocenters. The maximum Gasteiger partial charge on any atom is 0.145 e. The minimum atomic E-state index is -0.523. The second kappa shape index (κ2) is 10.5. The fourth-order valence-corrected chi connectivity index (χ4v) is 7.34. The van der Waals surface area contributed by atoms with Crippen LogP contribution >= 0.6 is 0 Å². The SMILES string of the molecule is c1ccc(-n2c(-c3ccc(-c4ccc5c(c4)C(c4ccccc4)(c4ccccn4)c4ccccc4-5)cc3)nc3ccccc32)cc1. The number of rotatable bonds is 5. The minimum absolute atomic E-state index is 0.523. The van der Waals surface area contributed by atoms with Crippen molar-refractivity contribution in [2.24, 2.45) is 0 Å². The van der Waals surface area contributed by atoms with Crippen LogP contribution in [-0.2, 0) is 5.41 Å². The lowest BCUT2D eigenvalue weighted by atomic mass is 9.69. The van der Waals surface area contributed by atoms with E-state index < -0.39 is 5.41 Å². The van der Waals surface area contributed by atoms with Gasteiger partial charge in [-0.2, -0.15) is 0 Å². The minimum Gasteiger partial charge on any atom is -0.292 e. The van der Waals surface area contributed by atoms with E-state index in [1.807, 2.05) is 24.4 Å². The summed E-state index contributed by atoms with van der Waals surface area (Å²) in [6.45, 7) is 0. The van der Waals surface area contributed by atoms with Gasteiger partial charge in [0.2, 0.25) is 0 Å². The van der Waals surface area contributed by atoms with Crippen LogP contribution in [0, 0.1) is 0 Å². The fourth-order valence-electron chi connectivity index (χ4n) is 7.34. The molecule has 0 bridgehead atoms. The Hall–Kier alpha value is -6.06. The smallest absolute Gasteiger partial charge is 0.145 e. The third-order valence-electron chi connectivity index (χ3n) is 9.35. The van der Waals surface area contributed by atoms with Gasteiger partial charge in [-0.15, -0.1) is 0 Å². The van der Waals surface area contributed by atoms with Crippen molar-refractivity contribution in [2.75, 3.05) is 0 Å². The van der Waals surface area contributed by atoms with Gasteiger partial charge in [-0.3, -0.25) is 9.55 Å². The Bertz CT molecular complexity index is 2300. The number of aromatic nitrogens is 3. The molecule has 2 heterocycles. The van der Waals surface area contributed by atoms with Crippen molar-refractivity contribution in [3.8, 4) is 39.3 Å². The molecule has 0 radical (unpaired) electrons. The number of hydrogen-bond acceptors (Lipinski definition) is 2. The fraction of sp³-hybridized carbons (Fsp3) is 0.0233. The Balaban J connectivity index is 1.20. The van der Waals surface area contributed by atoms with Crippen molar-refractivity contribution in [3.63, 3.8) is 0 Å². The van der Waals surface area contributed by atoms with Crippen LogP contribution in [-0.4, -0.2) is 14.5 Å². The molecule has 6 aromatic carbocycles. The van der Waals surface area contributed by atoms with Gasteiger partial charge in [-0.1, -0.05) is 127 Å². The lowest BCUT2D eigenvalue weighted by molar-refractivity contribution is 0.735. The molecule has 0 saturated heterocycles.